The molecule has 1 amide bonds. The maximum absolute atomic E-state index is 13.4. The summed E-state index contributed by atoms with van der Waals surface area (Å²) in [4.78, 5) is 31.0. The Kier molecular flexibility index (Phi) is 7.87. The van der Waals surface area contributed by atoms with E-state index in [0.717, 1.165) is 61.3 Å². The van der Waals surface area contributed by atoms with Gasteiger partial charge in [0.1, 0.15) is 17.9 Å². The van der Waals surface area contributed by atoms with Crippen molar-refractivity contribution in [3.63, 3.8) is 0 Å². The standard InChI is InChI=1S/C29H29N3O3.ClH.H2O/c33-27-24-11-5-4-7-22(24)19-35-25-12-6-8-21(26(25)27)13-16-31-17-14-29(15-18-31)28(34)30-20-32(29)23-9-2-1-3-10-23;;/h1-12H,13-20H2,(H,30,34);1H;1H2. The van der Waals surface area contributed by atoms with Crippen molar-refractivity contribution in [2.24, 2.45) is 0 Å². The van der Waals surface area contributed by atoms with Crippen molar-refractivity contribution in [1.29, 1.82) is 0 Å². The van der Waals surface area contributed by atoms with Gasteiger partial charge in [0.05, 0.1) is 12.2 Å². The van der Waals surface area contributed by atoms with Crippen LogP contribution in [0.2, 0.25) is 0 Å². The number of likely N-dealkylation sites (tertiary alicyclic amines) is 1. The summed E-state index contributed by atoms with van der Waals surface area (Å²) in [5.41, 5.74) is 3.98. The summed E-state index contributed by atoms with van der Waals surface area (Å²) in [5.74, 6) is 0.848. The third-order valence-electron chi connectivity index (χ3n) is 7.77. The SMILES string of the molecule is Cl.O.O=C1c2ccccc2COc2cccc(CCN3CCC4(CC3)C(=O)NCN4c3ccccc3)c21. The highest BCUT2D eigenvalue weighted by Gasteiger charge is 2.50. The number of amides is 1. The van der Waals surface area contributed by atoms with E-state index in [0.29, 0.717) is 24.6 Å². The van der Waals surface area contributed by atoms with E-state index in [-0.39, 0.29) is 29.6 Å². The Labute approximate surface area is 223 Å². The molecule has 0 aliphatic carbocycles. The van der Waals surface area contributed by atoms with Crippen molar-refractivity contribution < 1.29 is 19.8 Å². The fraction of sp³-hybridized carbons (Fsp3) is 0.310. The van der Waals surface area contributed by atoms with Crippen molar-refractivity contribution >= 4 is 29.8 Å². The maximum atomic E-state index is 13.4. The van der Waals surface area contributed by atoms with Gasteiger partial charge in [-0.05, 0) is 43.0 Å². The molecule has 1 spiro atoms. The molecule has 0 bridgehead atoms. The Bertz CT molecular complexity index is 1280. The molecule has 0 unspecified atom stereocenters. The van der Waals surface area contributed by atoms with Crippen LogP contribution in [0.1, 0.15) is 39.9 Å². The lowest BCUT2D eigenvalue weighted by Gasteiger charge is -2.43. The van der Waals surface area contributed by atoms with E-state index in [1.54, 1.807) is 0 Å². The Balaban J connectivity index is 0.00000160. The van der Waals surface area contributed by atoms with Crippen LogP contribution in [-0.4, -0.2) is 53.9 Å². The Morgan fingerprint density at radius 1 is 0.892 bits per heavy atom. The first-order chi connectivity index (χ1) is 17.2. The first kappa shape index (κ1) is 26.7. The molecule has 0 aromatic heterocycles. The van der Waals surface area contributed by atoms with Crippen molar-refractivity contribution in [3.05, 3.63) is 95.1 Å². The molecule has 3 aliphatic rings. The van der Waals surface area contributed by atoms with E-state index in [9.17, 15) is 9.59 Å². The number of benzene rings is 3. The second-order valence-corrected chi connectivity index (χ2v) is 9.62. The molecule has 7 nitrogen and oxygen atoms in total. The second kappa shape index (κ2) is 10.9. The number of ether oxygens (including phenoxy) is 1. The minimum absolute atomic E-state index is 0. The van der Waals surface area contributed by atoms with Crippen LogP contribution in [0.3, 0.4) is 0 Å². The molecule has 194 valence electrons. The van der Waals surface area contributed by atoms with Gasteiger partial charge in [-0.3, -0.25) is 9.59 Å². The molecular formula is C29H32ClN3O4. The minimum Gasteiger partial charge on any atom is -0.488 e. The third-order valence-corrected chi connectivity index (χ3v) is 7.77. The zero-order chi connectivity index (χ0) is 23.8. The highest BCUT2D eigenvalue weighted by atomic mass is 35.5. The number of anilines is 1. The first-order valence-electron chi connectivity index (χ1n) is 12.4. The number of halogens is 1. The molecule has 37 heavy (non-hydrogen) atoms. The van der Waals surface area contributed by atoms with E-state index in [4.69, 9.17) is 4.74 Å². The second-order valence-electron chi connectivity index (χ2n) is 9.62. The summed E-state index contributed by atoms with van der Waals surface area (Å²) in [6, 6.07) is 23.8. The molecule has 2 saturated heterocycles. The number of fused-ring (bicyclic) bond motifs is 2. The van der Waals surface area contributed by atoms with E-state index >= 15 is 0 Å². The molecule has 0 saturated carbocycles. The molecule has 0 atom stereocenters. The van der Waals surface area contributed by atoms with Gasteiger partial charge < -0.3 is 25.3 Å². The monoisotopic (exact) mass is 521 g/mol. The molecule has 0 radical (unpaired) electrons. The van der Waals surface area contributed by atoms with Crippen LogP contribution < -0.4 is 15.0 Å². The number of rotatable bonds is 4. The van der Waals surface area contributed by atoms with Gasteiger partial charge >= 0.3 is 0 Å². The van der Waals surface area contributed by atoms with Crippen molar-refractivity contribution in [3.8, 4) is 5.75 Å². The number of nitrogens with zero attached hydrogens (tertiary/aromatic N) is 2. The van der Waals surface area contributed by atoms with Crippen molar-refractivity contribution in [2.45, 2.75) is 31.4 Å². The lowest BCUT2D eigenvalue weighted by Crippen LogP contribution is -2.56. The predicted octanol–water partition coefficient (Wildman–Crippen LogP) is 3.38. The number of para-hydroxylation sites is 1. The van der Waals surface area contributed by atoms with Gasteiger partial charge in [0.2, 0.25) is 5.91 Å². The normalized spacial score (nSPS) is 18.0. The van der Waals surface area contributed by atoms with Crippen LogP contribution in [0, 0.1) is 0 Å². The van der Waals surface area contributed by atoms with E-state index in [1.165, 1.54) is 0 Å². The van der Waals surface area contributed by atoms with Crippen LogP contribution in [-0.2, 0) is 17.8 Å². The van der Waals surface area contributed by atoms with E-state index < -0.39 is 5.54 Å². The summed E-state index contributed by atoms with van der Waals surface area (Å²) in [7, 11) is 0. The van der Waals surface area contributed by atoms with Gasteiger partial charge in [0.15, 0.2) is 5.78 Å². The summed E-state index contributed by atoms with van der Waals surface area (Å²) in [5, 5.41) is 3.07. The molecule has 8 heteroatoms. The van der Waals surface area contributed by atoms with Gasteiger partial charge in [-0.25, -0.2) is 0 Å². The summed E-state index contributed by atoms with van der Waals surface area (Å²) in [6.07, 6.45) is 2.34. The lowest BCUT2D eigenvalue weighted by atomic mass is 9.85. The zero-order valence-corrected chi connectivity index (χ0v) is 21.4. The van der Waals surface area contributed by atoms with Gasteiger partial charge in [0, 0.05) is 36.4 Å². The van der Waals surface area contributed by atoms with Gasteiger partial charge in [-0.1, -0.05) is 54.6 Å². The lowest BCUT2D eigenvalue weighted by molar-refractivity contribution is -0.125. The Hall–Kier alpha value is -3.39. The van der Waals surface area contributed by atoms with E-state index in [2.05, 4.69) is 27.2 Å². The predicted molar refractivity (Wildman–Crippen MR) is 146 cm³/mol. The average Bonchev–Trinajstić information content (AvgIpc) is 3.13. The van der Waals surface area contributed by atoms with Crippen molar-refractivity contribution in [1.82, 2.24) is 10.2 Å². The number of nitrogens with one attached hydrogen (secondary N) is 1. The number of carbonyl (C=O) groups excluding carboxylic acids is 2. The van der Waals surface area contributed by atoms with Gasteiger partial charge in [-0.2, -0.15) is 0 Å². The first-order valence-corrected chi connectivity index (χ1v) is 12.4. The largest absolute Gasteiger partial charge is 0.488 e. The minimum atomic E-state index is -0.477. The number of ketones is 1. The van der Waals surface area contributed by atoms with Crippen LogP contribution >= 0.6 is 12.4 Å². The highest BCUT2D eigenvalue weighted by Crippen LogP contribution is 2.36. The van der Waals surface area contributed by atoms with Gasteiger partial charge in [-0.15, -0.1) is 12.4 Å². The number of piperidine rings is 1. The fourth-order valence-corrected chi connectivity index (χ4v) is 5.78. The molecule has 3 aliphatic heterocycles. The smallest absolute Gasteiger partial charge is 0.247 e. The number of carbonyl (C=O) groups is 2. The molecule has 3 heterocycles. The fourth-order valence-electron chi connectivity index (χ4n) is 5.78. The Morgan fingerprint density at radius 2 is 1.62 bits per heavy atom. The summed E-state index contributed by atoms with van der Waals surface area (Å²) < 4.78 is 6.02. The molecule has 3 aromatic rings. The number of hydrogen-bond acceptors (Lipinski definition) is 5. The molecule has 3 aromatic carbocycles. The van der Waals surface area contributed by atoms with Crippen LogP contribution in [0.15, 0.2) is 72.8 Å². The summed E-state index contributed by atoms with van der Waals surface area (Å²) in [6.45, 7) is 3.50. The van der Waals surface area contributed by atoms with Crippen LogP contribution in [0.25, 0.3) is 0 Å². The molecular weight excluding hydrogens is 490 g/mol. The van der Waals surface area contributed by atoms with Crippen LogP contribution in [0.4, 0.5) is 5.69 Å². The Morgan fingerprint density at radius 3 is 2.41 bits per heavy atom. The molecule has 3 N–H and O–H groups in total. The molecule has 6 rings (SSSR count). The molecule has 2 fully saturated rings. The van der Waals surface area contributed by atoms with Crippen molar-refractivity contribution in [2.75, 3.05) is 31.2 Å². The zero-order valence-electron chi connectivity index (χ0n) is 20.6. The summed E-state index contributed by atoms with van der Waals surface area (Å²) >= 11 is 0. The average molecular weight is 522 g/mol. The topological polar surface area (TPSA) is 93.4 Å². The van der Waals surface area contributed by atoms with Gasteiger partial charge in [0.25, 0.3) is 0 Å². The maximum Gasteiger partial charge on any atom is 0.247 e. The quantitative estimate of drug-likeness (QED) is 0.568. The van der Waals surface area contributed by atoms with Crippen LogP contribution in [0.5, 0.6) is 5.75 Å². The van der Waals surface area contributed by atoms with E-state index in [1.807, 2.05) is 60.7 Å². The highest BCUT2D eigenvalue weighted by molar-refractivity contribution is 6.12. The number of hydrogen-bond donors (Lipinski definition) is 1. The third kappa shape index (κ3) is 4.70.